The SMILES string of the molecule is COc1ccc(C(=O)[C@@H]2CCCN(Cc3ccc(Sc4nncn4C)o3)C2)cc1F. The fourth-order valence-corrected chi connectivity index (χ4v) is 4.39. The summed E-state index contributed by atoms with van der Waals surface area (Å²) in [6.45, 7) is 2.15. The zero-order valence-electron chi connectivity index (χ0n) is 16.9. The van der Waals surface area contributed by atoms with Crippen LogP contribution in [-0.4, -0.2) is 45.6 Å². The molecule has 0 bridgehead atoms. The Bertz CT molecular complexity index is 1030. The molecule has 3 aromatic rings. The van der Waals surface area contributed by atoms with Gasteiger partial charge >= 0.3 is 0 Å². The molecule has 158 valence electrons. The van der Waals surface area contributed by atoms with Gasteiger partial charge in [-0.3, -0.25) is 9.69 Å². The highest BCUT2D eigenvalue weighted by atomic mass is 32.2. The molecule has 30 heavy (non-hydrogen) atoms. The fourth-order valence-electron chi connectivity index (χ4n) is 3.64. The summed E-state index contributed by atoms with van der Waals surface area (Å²) in [7, 11) is 3.29. The summed E-state index contributed by atoms with van der Waals surface area (Å²) in [5, 5.41) is 9.41. The lowest BCUT2D eigenvalue weighted by molar-refractivity contribution is 0.0800. The molecule has 1 saturated heterocycles. The molecular formula is C21H23FN4O3S. The molecule has 0 N–H and O–H groups in total. The van der Waals surface area contributed by atoms with Crippen LogP contribution in [0.15, 0.2) is 51.3 Å². The number of nitrogens with zero attached hydrogens (tertiary/aromatic N) is 4. The Morgan fingerprint density at radius 3 is 2.97 bits per heavy atom. The molecule has 0 radical (unpaired) electrons. The Hall–Kier alpha value is -2.65. The van der Waals surface area contributed by atoms with E-state index in [1.807, 2.05) is 23.7 Å². The predicted octanol–water partition coefficient (Wildman–Crippen LogP) is 3.80. The normalized spacial score (nSPS) is 17.2. The van der Waals surface area contributed by atoms with Crippen molar-refractivity contribution in [3.8, 4) is 5.75 Å². The number of furan rings is 1. The zero-order chi connectivity index (χ0) is 21.1. The van der Waals surface area contributed by atoms with E-state index in [9.17, 15) is 9.18 Å². The van der Waals surface area contributed by atoms with E-state index in [2.05, 4.69) is 15.1 Å². The second-order valence-electron chi connectivity index (χ2n) is 7.34. The third-order valence-corrected chi connectivity index (χ3v) is 6.16. The highest BCUT2D eigenvalue weighted by molar-refractivity contribution is 7.99. The first kappa shape index (κ1) is 20.6. The van der Waals surface area contributed by atoms with Crippen LogP contribution in [0.3, 0.4) is 0 Å². The van der Waals surface area contributed by atoms with E-state index in [0.29, 0.717) is 18.7 Å². The predicted molar refractivity (Wildman–Crippen MR) is 109 cm³/mol. The molecule has 1 fully saturated rings. The summed E-state index contributed by atoms with van der Waals surface area (Å²) in [6.07, 6.45) is 3.36. The van der Waals surface area contributed by atoms with Crippen molar-refractivity contribution in [3.63, 3.8) is 0 Å². The molecule has 3 heterocycles. The van der Waals surface area contributed by atoms with E-state index in [0.717, 1.165) is 35.4 Å². The number of aromatic nitrogens is 3. The van der Waals surface area contributed by atoms with Gasteiger partial charge < -0.3 is 13.7 Å². The largest absolute Gasteiger partial charge is 0.494 e. The van der Waals surface area contributed by atoms with Crippen molar-refractivity contribution in [2.24, 2.45) is 13.0 Å². The monoisotopic (exact) mass is 430 g/mol. The van der Waals surface area contributed by atoms with Crippen LogP contribution in [0.25, 0.3) is 0 Å². The van der Waals surface area contributed by atoms with Gasteiger partial charge in [0.2, 0.25) is 0 Å². The molecule has 0 unspecified atom stereocenters. The molecule has 9 heteroatoms. The van der Waals surface area contributed by atoms with Crippen LogP contribution >= 0.6 is 11.8 Å². The maximum absolute atomic E-state index is 14.0. The second kappa shape index (κ2) is 9.01. The Kier molecular flexibility index (Phi) is 6.19. The minimum absolute atomic E-state index is 0.0285. The van der Waals surface area contributed by atoms with E-state index in [4.69, 9.17) is 9.15 Å². The summed E-state index contributed by atoms with van der Waals surface area (Å²) >= 11 is 1.42. The van der Waals surface area contributed by atoms with Crippen molar-refractivity contribution < 1.29 is 18.3 Å². The number of likely N-dealkylation sites (tertiary alicyclic amines) is 1. The molecule has 2 aromatic heterocycles. The average Bonchev–Trinajstić information content (AvgIpc) is 3.36. The molecule has 1 aliphatic rings. The second-order valence-corrected chi connectivity index (χ2v) is 8.31. The summed E-state index contributed by atoms with van der Waals surface area (Å²) < 4.78 is 26.7. The number of aryl methyl sites for hydroxylation is 1. The van der Waals surface area contributed by atoms with E-state index in [-0.39, 0.29) is 17.5 Å². The Labute approximate surface area is 178 Å². The lowest BCUT2D eigenvalue weighted by Gasteiger charge is -2.31. The molecule has 0 spiro atoms. The summed E-state index contributed by atoms with van der Waals surface area (Å²) in [5.41, 5.74) is 0.389. The van der Waals surface area contributed by atoms with Crippen molar-refractivity contribution in [2.45, 2.75) is 29.6 Å². The van der Waals surface area contributed by atoms with Gasteiger partial charge in [-0.05, 0) is 61.5 Å². The third-order valence-electron chi connectivity index (χ3n) is 5.19. The van der Waals surface area contributed by atoms with Gasteiger partial charge in [-0.25, -0.2) is 4.39 Å². The summed E-state index contributed by atoms with van der Waals surface area (Å²) in [5.74, 6) is 0.278. The number of ketones is 1. The summed E-state index contributed by atoms with van der Waals surface area (Å²) in [6, 6.07) is 8.26. The first-order valence-corrected chi connectivity index (χ1v) is 10.6. The minimum Gasteiger partial charge on any atom is -0.494 e. The van der Waals surface area contributed by atoms with Crippen LogP contribution in [-0.2, 0) is 13.6 Å². The number of methoxy groups -OCH3 is 1. The number of benzene rings is 1. The van der Waals surface area contributed by atoms with Gasteiger partial charge in [-0.2, -0.15) is 0 Å². The van der Waals surface area contributed by atoms with Crippen molar-refractivity contribution >= 4 is 17.5 Å². The van der Waals surface area contributed by atoms with Gasteiger partial charge in [0.05, 0.1) is 13.7 Å². The quantitative estimate of drug-likeness (QED) is 0.528. The maximum atomic E-state index is 14.0. The highest BCUT2D eigenvalue weighted by Crippen LogP contribution is 2.29. The number of hydrogen-bond acceptors (Lipinski definition) is 7. The first-order chi connectivity index (χ1) is 14.5. The van der Waals surface area contributed by atoms with Crippen molar-refractivity contribution in [2.75, 3.05) is 20.2 Å². The van der Waals surface area contributed by atoms with Crippen LogP contribution in [0.2, 0.25) is 0 Å². The van der Waals surface area contributed by atoms with E-state index < -0.39 is 5.82 Å². The van der Waals surface area contributed by atoms with Gasteiger partial charge in [0.1, 0.15) is 12.1 Å². The highest BCUT2D eigenvalue weighted by Gasteiger charge is 2.27. The van der Waals surface area contributed by atoms with Crippen molar-refractivity contribution in [1.82, 2.24) is 19.7 Å². The maximum Gasteiger partial charge on any atom is 0.198 e. The molecule has 4 rings (SSSR count). The van der Waals surface area contributed by atoms with Crippen LogP contribution < -0.4 is 4.74 Å². The number of piperidine rings is 1. The fraction of sp³-hybridized carbons (Fsp3) is 0.381. The van der Waals surface area contributed by atoms with Crippen molar-refractivity contribution in [3.05, 3.63) is 53.8 Å². The third kappa shape index (κ3) is 4.57. The smallest absolute Gasteiger partial charge is 0.198 e. The molecule has 1 aliphatic heterocycles. The van der Waals surface area contributed by atoms with Crippen LogP contribution in [0.4, 0.5) is 4.39 Å². The Balaban J connectivity index is 1.38. The van der Waals surface area contributed by atoms with Gasteiger partial charge in [0.15, 0.2) is 27.6 Å². The number of Topliss-reactive ketones (excluding diaryl/α,β-unsaturated/α-hetero) is 1. The number of carbonyl (C=O) groups excluding carboxylic acids is 1. The molecule has 1 aromatic carbocycles. The molecule has 1 atom stereocenters. The zero-order valence-corrected chi connectivity index (χ0v) is 17.7. The number of hydrogen-bond donors (Lipinski definition) is 0. The van der Waals surface area contributed by atoms with Crippen LogP contribution in [0, 0.1) is 11.7 Å². The number of carbonyl (C=O) groups is 1. The Morgan fingerprint density at radius 2 is 2.23 bits per heavy atom. The van der Waals surface area contributed by atoms with Gasteiger partial charge in [-0.1, -0.05) is 0 Å². The summed E-state index contributed by atoms with van der Waals surface area (Å²) in [4.78, 5) is 15.1. The molecular weight excluding hydrogens is 407 g/mol. The van der Waals surface area contributed by atoms with E-state index in [1.54, 1.807) is 12.4 Å². The number of rotatable bonds is 7. The van der Waals surface area contributed by atoms with Crippen molar-refractivity contribution in [1.29, 1.82) is 0 Å². The van der Waals surface area contributed by atoms with E-state index >= 15 is 0 Å². The van der Waals surface area contributed by atoms with Gasteiger partial charge in [0, 0.05) is 25.1 Å². The lowest BCUT2D eigenvalue weighted by Crippen LogP contribution is -2.38. The first-order valence-electron chi connectivity index (χ1n) is 9.74. The van der Waals surface area contributed by atoms with Crippen LogP contribution in [0.5, 0.6) is 5.75 Å². The topological polar surface area (TPSA) is 73.4 Å². The Morgan fingerprint density at radius 1 is 1.37 bits per heavy atom. The van der Waals surface area contributed by atoms with E-state index in [1.165, 1.54) is 31.0 Å². The molecule has 7 nitrogen and oxygen atoms in total. The lowest BCUT2D eigenvalue weighted by atomic mass is 9.90. The minimum atomic E-state index is -0.514. The molecule has 0 amide bonds. The average molecular weight is 431 g/mol. The number of halogens is 1. The van der Waals surface area contributed by atoms with Gasteiger partial charge in [-0.15, -0.1) is 10.2 Å². The molecule has 0 saturated carbocycles. The van der Waals surface area contributed by atoms with Crippen LogP contribution in [0.1, 0.15) is 29.0 Å². The molecule has 0 aliphatic carbocycles. The number of ether oxygens (including phenoxy) is 1. The van der Waals surface area contributed by atoms with Gasteiger partial charge in [0.25, 0.3) is 0 Å². The standard InChI is InChI=1S/C21H23FN4O3S/c1-25-13-23-24-21(25)30-19-8-6-16(29-19)12-26-9-3-4-15(11-26)20(27)14-5-7-18(28-2)17(22)10-14/h5-8,10,13,15H,3-4,9,11-12H2,1-2H3/t15-/m1/s1.